The Morgan fingerprint density at radius 1 is 1.39 bits per heavy atom. The maximum atomic E-state index is 12.1. The predicted molar refractivity (Wildman–Crippen MR) is 85.2 cm³/mol. The lowest BCUT2D eigenvalue weighted by molar-refractivity contribution is -0.141. The Morgan fingerprint density at radius 3 is 2.65 bits per heavy atom. The standard InChI is InChI=1S/C16H21N3O4/c1-11(15(21)22)9-18(2)16(23)17-12-8-14(20)19(10-12)13-6-4-3-5-7-13/h3-7,11-12H,8-10H2,1-2H3,(H,17,23)(H,21,22). The Labute approximate surface area is 134 Å². The number of rotatable bonds is 5. The number of hydrogen-bond acceptors (Lipinski definition) is 3. The number of nitrogens with zero attached hydrogens (tertiary/aromatic N) is 2. The van der Waals surface area contributed by atoms with Gasteiger partial charge in [-0.3, -0.25) is 9.59 Å². The number of aliphatic carboxylic acids is 1. The molecular formula is C16H21N3O4. The van der Waals surface area contributed by atoms with Gasteiger partial charge in [-0.2, -0.15) is 0 Å². The third kappa shape index (κ3) is 4.21. The van der Waals surface area contributed by atoms with Gasteiger partial charge in [-0.1, -0.05) is 25.1 Å². The lowest BCUT2D eigenvalue weighted by Crippen LogP contribution is -2.46. The van der Waals surface area contributed by atoms with Crippen molar-refractivity contribution in [1.29, 1.82) is 0 Å². The molecule has 1 saturated heterocycles. The van der Waals surface area contributed by atoms with E-state index in [9.17, 15) is 14.4 Å². The number of benzene rings is 1. The molecule has 2 N–H and O–H groups in total. The summed E-state index contributed by atoms with van der Waals surface area (Å²) in [6.45, 7) is 2.07. The van der Waals surface area contributed by atoms with Gasteiger partial charge in [-0.15, -0.1) is 0 Å². The number of carboxylic acids is 1. The minimum Gasteiger partial charge on any atom is -0.481 e. The van der Waals surface area contributed by atoms with Crippen molar-refractivity contribution in [3.05, 3.63) is 30.3 Å². The summed E-state index contributed by atoms with van der Waals surface area (Å²) in [5.74, 6) is -1.63. The Hall–Kier alpha value is -2.57. The van der Waals surface area contributed by atoms with E-state index < -0.39 is 11.9 Å². The van der Waals surface area contributed by atoms with Gasteiger partial charge >= 0.3 is 12.0 Å². The maximum Gasteiger partial charge on any atom is 0.317 e. The second-order valence-electron chi connectivity index (χ2n) is 5.81. The molecule has 0 spiro atoms. The van der Waals surface area contributed by atoms with Crippen molar-refractivity contribution >= 4 is 23.6 Å². The van der Waals surface area contributed by atoms with Crippen molar-refractivity contribution in [2.24, 2.45) is 5.92 Å². The molecule has 2 rings (SSSR count). The molecule has 1 aliphatic heterocycles. The Morgan fingerprint density at radius 2 is 2.04 bits per heavy atom. The monoisotopic (exact) mass is 319 g/mol. The fourth-order valence-corrected chi connectivity index (χ4v) is 2.52. The zero-order valence-electron chi connectivity index (χ0n) is 13.2. The number of carbonyl (C=O) groups excluding carboxylic acids is 2. The molecule has 2 unspecified atom stereocenters. The Balaban J connectivity index is 1.90. The van der Waals surface area contributed by atoms with Crippen LogP contribution in [0.4, 0.5) is 10.5 Å². The molecule has 1 aromatic carbocycles. The zero-order chi connectivity index (χ0) is 17.0. The average Bonchev–Trinajstić information content (AvgIpc) is 2.88. The van der Waals surface area contributed by atoms with Crippen LogP contribution >= 0.6 is 0 Å². The molecule has 0 saturated carbocycles. The predicted octanol–water partition coefficient (Wildman–Crippen LogP) is 1.15. The molecule has 0 radical (unpaired) electrons. The van der Waals surface area contributed by atoms with Crippen LogP contribution in [-0.2, 0) is 9.59 Å². The van der Waals surface area contributed by atoms with Crippen molar-refractivity contribution in [2.75, 3.05) is 25.0 Å². The zero-order valence-corrected chi connectivity index (χ0v) is 13.2. The van der Waals surface area contributed by atoms with Crippen molar-refractivity contribution < 1.29 is 19.5 Å². The molecule has 0 bridgehead atoms. The first-order valence-electron chi connectivity index (χ1n) is 7.48. The quantitative estimate of drug-likeness (QED) is 0.852. The van der Waals surface area contributed by atoms with Gasteiger partial charge < -0.3 is 20.2 Å². The number of para-hydroxylation sites is 1. The summed E-state index contributed by atoms with van der Waals surface area (Å²) in [5.41, 5.74) is 0.808. The second-order valence-corrected chi connectivity index (χ2v) is 5.81. The number of carbonyl (C=O) groups is 3. The van der Waals surface area contributed by atoms with Crippen molar-refractivity contribution in [3.8, 4) is 0 Å². The molecule has 7 nitrogen and oxygen atoms in total. The summed E-state index contributed by atoms with van der Waals surface area (Å²) >= 11 is 0. The minimum atomic E-state index is -0.948. The van der Waals surface area contributed by atoms with E-state index in [1.54, 1.807) is 18.9 Å². The molecule has 7 heteroatoms. The third-order valence-corrected chi connectivity index (χ3v) is 3.84. The van der Waals surface area contributed by atoms with Crippen LogP contribution in [-0.4, -0.2) is 54.1 Å². The number of hydrogen-bond donors (Lipinski definition) is 2. The minimum absolute atomic E-state index is 0.0388. The molecule has 1 aliphatic rings. The Kier molecular flexibility index (Phi) is 5.20. The topological polar surface area (TPSA) is 90.0 Å². The van der Waals surface area contributed by atoms with Crippen molar-refractivity contribution in [2.45, 2.75) is 19.4 Å². The normalized spacial score (nSPS) is 18.6. The van der Waals surface area contributed by atoms with E-state index in [2.05, 4.69) is 5.32 Å². The van der Waals surface area contributed by atoms with Gasteiger partial charge in [-0.25, -0.2) is 4.79 Å². The summed E-state index contributed by atoms with van der Waals surface area (Å²) in [5, 5.41) is 11.7. The number of anilines is 1. The third-order valence-electron chi connectivity index (χ3n) is 3.84. The molecular weight excluding hydrogens is 298 g/mol. The SMILES string of the molecule is CC(CN(C)C(=O)NC1CC(=O)N(c2ccccc2)C1)C(=O)O. The van der Waals surface area contributed by atoms with Crippen LogP contribution in [0.2, 0.25) is 0 Å². The summed E-state index contributed by atoms with van der Waals surface area (Å²) in [7, 11) is 1.54. The maximum absolute atomic E-state index is 12.1. The first kappa shape index (κ1) is 16.8. The molecule has 23 heavy (non-hydrogen) atoms. The van der Waals surface area contributed by atoms with Gasteiger partial charge in [0.25, 0.3) is 0 Å². The highest BCUT2D eigenvalue weighted by Crippen LogP contribution is 2.21. The average molecular weight is 319 g/mol. The first-order valence-corrected chi connectivity index (χ1v) is 7.48. The molecule has 1 aromatic rings. The van der Waals surface area contributed by atoms with Crippen LogP contribution in [0.5, 0.6) is 0 Å². The van der Waals surface area contributed by atoms with E-state index in [4.69, 9.17) is 5.11 Å². The highest BCUT2D eigenvalue weighted by molar-refractivity contribution is 5.96. The number of amides is 3. The molecule has 0 aliphatic carbocycles. The number of carboxylic acid groups (broad SMARTS) is 1. The van der Waals surface area contributed by atoms with Gasteiger partial charge in [0.15, 0.2) is 0 Å². The van der Waals surface area contributed by atoms with Crippen LogP contribution < -0.4 is 10.2 Å². The molecule has 1 heterocycles. The van der Waals surface area contributed by atoms with E-state index in [-0.39, 0.29) is 30.9 Å². The highest BCUT2D eigenvalue weighted by atomic mass is 16.4. The summed E-state index contributed by atoms with van der Waals surface area (Å²) in [4.78, 5) is 38.0. The molecule has 2 atom stereocenters. The number of nitrogens with one attached hydrogen (secondary N) is 1. The van der Waals surface area contributed by atoms with Crippen LogP contribution in [0.25, 0.3) is 0 Å². The van der Waals surface area contributed by atoms with Crippen molar-refractivity contribution in [1.82, 2.24) is 10.2 Å². The lowest BCUT2D eigenvalue weighted by atomic mass is 10.2. The van der Waals surface area contributed by atoms with Gasteiger partial charge in [0.2, 0.25) is 5.91 Å². The Bertz CT molecular complexity index is 590. The van der Waals surface area contributed by atoms with Gasteiger partial charge in [0, 0.05) is 32.2 Å². The van der Waals surface area contributed by atoms with E-state index in [1.807, 2.05) is 30.3 Å². The number of urea groups is 1. The fourth-order valence-electron chi connectivity index (χ4n) is 2.52. The van der Waals surface area contributed by atoms with Crippen LogP contribution in [0.15, 0.2) is 30.3 Å². The van der Waals surface area contributed by atoms with Crippen LogP contribution in [0, 0.1) is 5.92 Å². The summed E-state index contributed by atoms with van der Waals surface area (Å²) in [6, 6.07) is 8.64. The van der Waals surface area contributed by atoms with E-state index in [0.717, 1.165) is 5.69 Å². The molecule has 0 aromatic heterocycles. The van der Waals surface area contributed by atoms with Crippen molar-refractivity contribution in [3.63, 3.8) is 0 Å². The first-order chi connectivity index (χ1) is 10.9. The van der Waals surface area contributed by atoms with E-state index in [1.165, 1.54) is 4.90 Å². The summed E-state index contributed by atoms with van der Waals surface area (Å²) < 4.78 is 0. The summed E-state index contributed by atoms with van der Waals surface area (Å²) in [6.07, 6.45) is 0.239. The van der Waals surface area contributed by atoms with Crippen LogP contribution in [0.1, 0.15) is 13.3 Å². The molecule has 124 valence electrons. The smallest absolute Gasteiger partial charge is 0.317 e. The van der Waals surface area contributed by atoms with Gasteiger partial charge in [-0.05, 0) is 12.1 Å². The molecule has 3 amide bonds. The lowest BCUT2D eigenvalue weighted by Gasteiger charge is -2.22. The fraction of sp³-hybridized carbons (Fsp3) is 0.438. The second kappa shape index (κ2) is 7.13. The van der Waals surface area contributed by atoms with Gasteiger partial charge in [0.05, 0.1) is 12.0 Å². The van der Waals surface area contributed by atoms with E-state index >= 15 is 0 Å². The molecule has 1 fully saturated rings. The largest absolute Gasteiger partial charge is 0.481 e. The highest BCUT2D eigenvalue weighted by Gasteiger charge is 2.32. The van der Waals surface area contributed by atoms with E-state index in [0.29, 0.717) is 6.54 Å². The van der Waals surface area contributed by atoms with Crippen LogP contribution in [0.3, 0.4) is 0 Å². The van der Waals surface area contributed by atoms with Gasteiger partial charge in [0.1, 0.15) is 0 Å².